The number of rotatable bonds is 6. The SMILES string of the molecule is CC(=O)NCC1CN(c2ccc(N3CCN(C(=O)CCO)C(F)C3)cc2)C(=O)O1. The maximum absolute atomic E-state index is 14.4. The zero-order valence-electron chi connectivity index (χ0n) is 16.2. The summed E-state index contributed by atoms with van der Waals surface area (Å²) >= 11 is 0. The highest BCUT2D eigenvalue weighted by atomic mass is 19.1. The van der Waals surface area contributed by atoms with Crippen molar-refractivity contribution < 1.29 is 28.6 Å². The van der Waals surface area contributed by atoms with Gasteiger partial charge in [-0.25, -0.2) is 9.18 Å². The van der Waals surface area contributed by atoms with Gasteiger partial charge in [-0.1, -0.05) is 0 Å². The average molecular weight is 408 g/mol. The van der Waals surface area contributed by atoms with Gasteiger partial charge in [0.1, 0.15) is 6.10 Å². The van der Waals surface area contributed by atoms with Gasteiger partial charge >= 0.3 is 6.09 Å². The molecule has 158 valence electrons. The summed E-state index contributed by atoms with van der Waals surface area (Å²) in [4.78, 5) is 39.4. The highest BCUT2D eigenvalue weighted by Crippen LogP contribution is 2.26. The van der Waals surface area contributed by atoms with Crippen LogP contribution in [0.2, 0.25) is 0 Å². The Balaban J connectivity index is 1.59. The van der Waals surface area contributed by atoms with E-state index >= 15 is 0 Å². The number of ether oxygens (including phenoxy) is 1. The molecule has 0 bridgehead atoms. The first-order valence-corrected chi connectivity index (χ1v) is 9.51. The second-order valence-corrected chi connectivity index (χ2v) is 7.01. The number of aliphatic hydroxyl groups is 1. The molecular weight excluding hydrogens is 383 g/mol. The first-order chi connectivity index (χ1) is 13.9. The van der Waals surface area contributed by atoms with Crippen molar-refractivity contribution in [2.45, 2.75) is 25.7 Å². The second kappa shape index (κ2) is 9.08. The number of carbonyl (C=O) groups is 3. The lowest BCUT2D eigenvalue weighted by Crippen LogP contribution is -2.53. The maximum Gasteiger partial charge on any atom is 0.414 e. The average Bonchev–Trinajstić information content (AvgIpc) is 3.07. The molecule has 3 amide bonds. The second-order valence-electron chi connectivity index (χ2n) is 7.01. The van der Waals surface area contributed by atoms with Crippen molar-refractivity contribution in [3.63, 3.8) is 0 Å². The Bertz CT molecular complexity index is 759. The summed E-state index contributed by atoms with van der Waals surface area (Å²) in [6.07, 6.45) is -2.41. The number of benzene rings is 1. The molecule has 2 fully saturated rings. The Kier molecular flexibility index (Phi) is 6.53. The third kappa shape index (κ3) is 4.94. The van der Waals surface area contributed by atoms with Gasteiger partial charge in [0.2, 0.25) is 11.8 Å². The zero-order chi connectivity index (χ0) is 21.0. The fourth-order valence-electron chi connectivity index (χ4n) is 3.43. The monoisotopic (exact) mass is 408 g/mol. The predicted molar refractivity (Wildman–Crippen MR) is 103 cm³/mol. The summed E-state index contributed by atoms with van der Waals surface area (Å²) < 4.78 is 19.6. The fourth-order valence-corrected chi connectivity index (χ4v) is 3.43. The van der Waals surface area contributed by atoms with Crippen LogP contribution in [0.15, 0.2) is 24.3 Å². The molecule has 0 aliphatic carbocycles. The van der Waals surface area contributed by atoms with E-state index in [1.807, 2.05) is 4.90 Å². The Labute approximate surface area is 168 Å². The molecule has 0 saturated carbocycles. The number of halogens is 1. The molecule has 2 aliphatic rings. The van der Waals surface area contributed by atoms with E-state index in [1.165, 1.54) is 11.8 Å². The van der Waals surface area contributed by atoms with E-state index in [4.69, 9.17) is 9.84 Å². The molecule has 0 radical (unpaired) electrons. The van der Waals surface area contributed by atoms with Crippen LogP contribution in [0.4, 0.5) is 20.6 Å². The van der Waals surface area contributed by atoms with Gasteiger partial charge in [0.05, 0.1) is 26.2 Å². The van der Waals surface area contributed by atoms with E-state index in [9.17, 15) is 18.8 Å². The number of hydrogen-bond donors (Lipinski definition) is 2. The van der Waals surface area contributed by atoms with Crippen molar-refractivity contribution in [1.29, 1.82) is 0 Å². The maximum atomic E-state index is 14.4. The number of alkyl halides is 1. The van der Waals surface area contributed by atoms with Gasteiger partial charge < -0.3 is 25.0 Å². The number of carbonyl (C=O) groups excluding carboxylic acids is 3. The molecule has 10 heteroatoms. The van der Waals surface area contributed by atoms with Crippen LogP contribution in [0.5, 0.6) is 0 Å². The minimum Gasteiger partial charge on any atom is -0.442 e. The van der Waals surface area contributed by atoms with E-state index in [-0.39, 0.29) is 38.6 Å². The minimum absolute atomic E-state index is 0.0427. The molecule has 3 rings (SSSR count). The van der Waals surface area contributed by atoms with E-state index < -0.39 is 24.4 Å². The summed E-state index contributed by atoms with van der Waals surface area (Å²) in [5.74, 6) is -0.579. The number of piperazine rings is 1. The summed E-state index contributed by atoms with van der Waals surface area (Å²) in [5, 5.41) is 11.5. The third-order valence-corrected chi connectivity index (χ3v) is 4.95. The van der Waals surface area contributed by atoms with E-state index in [2.05, 4.69) is 5.32 Å². The molecule has 2 aliphatic heterocycles. The minimum atomic E-state index is -1.44. The molecule has 2 heterocycles. The van der Waals surface area contributed by atoms with Crippen LogP contribution >= 0.6 is 0 Å². The van der Waals surface area contributed by atoms with Crippen LogP contribution in [-0.4, -0.2) is 79.6 Å². The van der Waals surface area contributed by atoms with Crippen molar-refractivity contribution >= 4 is 29.3 Å². The number of nitrogens with zero attached hydrogens (tertiary/aromatic N) is 3. The van der Waals surface area contributed by atoms with Crippen molar-refractivity contribution in [1.82, 2.24) is 10.2 Å². The Morgan fingerprint density at radius 3 is 2.52 bits per heavy atom. The van der Waals surface area contributed by atoms with Gasteiger partial charge in [-0.05, 0) is 24.3 Å². The first-order valence-electron chi connectivity index (χ1n) is 9.51. The van der Waals surface area contributed by atoms with Crippen molar-refractivity contribution in [3.05, 3.63) is 24.3 Å². The lowest BCUT2D eigenvalue weighted by atomic mass is 10.2. The summed E-state index contributed by atoms with van der Waals surface area (Å²) in [6, 6.07) is 7.10. The van der Waals surface area contributed by atoms with Gasteiger partial charge in [-0.2, -0.15) is 0 Å². The number of amides is 3. The summed E-state index contributed by atoms with van der Waals surface area (Å²) in [6.45, 7) is 2.45. The topological polar surface area (TPSA) is 102 Å². The Morgan fingerprint density at radius 2 is 1.90 bits per heavy atom. The van der Waals surface area contributed by atoms with Crippen LogP contribution in [0, 0.1) is 0 Å². The van der Waals surface area contributed by atoms with Crippen molar-refractivity contribution in [2.24, 2.45) is 0 Å². The van der Waals surface area contributed by atoms with E-state index in [0.717, 1.165) is 10.6 Å². The molecule has 2 N–H and O–H groups in total. The molecular formula is C19H25FN4O5. The standard InChI is InChI=1S/C19H25FN4O5/c1-13(26)21-10-16-11-24(19(28)29-16)15-4-2-14(3-5-15)22-7-8-23(17(20)12-22)18(27)6-9-25/h2-5,16-17,25H,6-12H2,1H3,(H,21,26). The summed E-state index contributed by atoms with van der Waals surface area (Å²) in [5.41, 5.74) is 1.44. The Morgan fingerprint density at radius 1 is 1.21 bits per heavy atom. The smallest absolute Gasteiger partial charge is 0.414 e. The Hall–Kier alpha value is -2.88. The van der Waals surface area contributed by atoms with Gasteiger partial charge in [0.25, 0.3) is 0 Å². The van der Waals surface area contributed by atoms with E-state index in [1.54, 1.807) is 24.3 Å². The molecule has 9 nitrogen and oxygen atoms in total. The van der Waals surface area contributed by atoms with Gasteiger partial charge in [-0.15, -0.1) is 0 Å². The van der Waals surface area contributed by atoms with Crippen LogP contribution in [0.3, 0.4) is 0 Å². The van der Waals surface area contributed by atoms with Crippen LogP contribution in [-0.2, 0) is 14.3 Å². The molecule has 2 saturated heterocycles. The molecule has 0 spiro atoms. The number of nitrogens with one attached hydrogen (secondary N) is 1. The van der Waals surface area contributed by atoms with Crippen LogP contribution in [0.1, 0.15) is 13.3 Å². The normalized spacial score (nSPS) is 21.9. The zero-order valence-corrected chi connectivity index (χ0v) is 16.2. The first kappa shape index (κ1) is 20.8. The molecule has 1 aromatic carbocycles. The largest absolute Gasteiger partial charge is 0.442 e. The van der Waals surface area contributed by atoms with Gasteiger partial charge in [-0.3, -0.25) is 14.5 Å². The quantitative estimate of drug-likeness (QED) is 0.664. The van der Waals surface area contributed by atoms with Gasteiger partial charge in [0, 0.05) is 37.8 Å². The van der Waals surface area contributed by atoms with Crippen LogP contribution in [0.25, 0.3) is 0 Å². The summed E-state index contributed by atoms with van der Waals surface area (Å²) in [7, 11) is 0. The lowest BCUT2D eigenvalue weighted by Gasteiger charge is -2.38. The molecule has 29 heavy (non-hydrogen) atoms. The van der Waals surface area contributed by atoms with Crippen LogP contribution < -0.4 is 15.1 Å². The fraction of sp³-hybridized carbons (Fsp3) is 0.526. The molecule has 0 aromatic heterocycles. The van der Waals surface area contributed by atoms with Gasteiger partial charge in [0.15, 0.2) is 6.30 Å². The lowest BCUT2D eigenvalue weighted by molar-refractivity contribution is -0.138. The number of anilines is 2. The third-order valence-electron chi connectivity index (χ3n) is 4.95. The van der Waals surface area contributed by atoms with Crippen molar-refractivity contribution in [3.8, 4) is 0 Å². The molecule has 2 unspecified atom stereocenters. The van der Waals surface area contributed by atoms with Crippen molar-refractivity contribution in [2.75, 3.05) is 49.1 Å². The highest BCUT2D eigenvalue weighted by Gasteiger charge is 2.33. The number of hydrogen-bond acceptors (Lipinski definition) is 6. The molecule has 1 aromatic rings. The predicted octanol–water partition coefficient (Wildman–Crippen LogP) is 0.475. The molecule has 2 atom stereocenters. The van der Waals surface area contributed by atoms with E-state index in [0.29, 0.717) is 18.8 Å². The number of cyclic esters (lactones) is 1. The number of aliphatic hydroxyl groups excluding tert-OH is 1. The highest BCUT2D eigenvalue weighted by molar-refractivity contribution is 5.90.